The van der Waals surface area contributed by atoms with Gasteiger partial charge >= 0.3 is 0 Å². The Morgan fingerprint density at radius 3 is 3.00 bits per heavy atom. The molecule has 0 spiro atoms. The number of ether oxygens (including phenoxy) is 1. The lowest BCUT2D eigenvalue weighted by molar-refractivity contribution is 0.228. The van der Waals surface area contributed by atoms with Crippen molar-refractivity contribution in [3.05, 3.63) is 10.7 Å². The maximum absolute atomic E-state index is 5.87. The molecule has 0 fully saturated rings. The van der Waals surface area contributed by atoms with Crippen LogP contribution in [0.4, 0.5) is 0 Å². The molecule has 0 aromatic heterocycles. The summed E-state index contributed by atoms with van der Waals surface area (Å²) < 4.78 is 5.44. The zero-order chi connectivity index (χ0) is 8.97. The van der Waals surface area contributed by atoms with Crippen LogP contribution in [0.3, 0.4) is 0 Å². The normalized spacial score (nSPS) is 20.6. The largest absolute Gasteiger partial charge is 0.497 e. The Balaban J connectivity index is 2.38. The molecule has 0 saturated heterocycles. The monoisotopic (exact) mass is 206 g/mol. The van der Waals surface area contributed by atoms with Gasteiger partial charge in [-0.1, -0.05) is 0 Å². The van der Waals surface area contributed by atoms with Gasteiger partial charge in [-0.25, -0.2) is 0 Å². The van der Waals surface area contributed by atoms with Crippen molar-refractivity contribution in [1.29, 1.82) is 0 Å². The summed E-state index contributed by atoms with van der Waals surface area (Å²) >= 11 is 7.78. The Labute approximate surface area is 83.5 Å². The van der Waals surface area contributed by atoms with E-state index in [4.69, 9.17) is 16.3 Å². The lowest BCUT2D eigenvalue weighted by atomic mass is 10.2. The molecule has 0 amide bonds. The first kappa shape index (κ1) is 10.3. The van der Waals surface area contributed by atoms with Crippen LogP contribution in [0.1, 0.15) is 26.7 Å². The Morgan fingerprint density at radius 2 is 2.42 bits per heavy atom. The van der Waals surface area contributed by atoms with Crippen molar-refractivity contribution in [2.45, 2.75) is 32.1 Å². The molecule has 0 N–H and O–H groups in total. The molecule has 1 aliphatic rings. The number of hydrogen-bond donors (Lipinski definition) is 0. The smallest absolute Gasteiger partial charge is 0.102 e. The molecule has 0 bridgehead atoms. The highest BCUT2D eigenvalue weighted by Crippen LogP contribution is 2.29. The van der Waals surface area contributed by atoms with Gasteiger partial charge < -0.3 is 4.74 Å². The van der Waals surface area contributed by atoms with Gasteiger partial charge in [-0.3, -0.25) is 0 Å². The minimum absolute atomic E-state index is 0.271. The van der Waals surface area contributed by atoms with Crippen molar-refractivity contribution in [3.63, 3.8) is 0 Å². The number of hydrogen-bond acceptors (Lipinski definition) is 2. The van der Waals surface area contributed by atoms with Crippen molar-refractivity contribution in [2.75, 3.05) is 12.4 Å². The molecule has 1 aliphatic heterocycles. The molecule has 0 radical (unpaired) electrons. The standard InChI is InChI=1S/C9H15ClOS/c1-7(10)3-4-9-8(2)11-5-6-12-9/h7H,3-6H2,1-2H3. The van der Waals surface area contributed by atoms with Crippen molar-refractivity contribution in [2.24, 2.45) is 0 Å². The first-order chi connectivity index (χ1) is 5.70. The number of halogens is 1. The van der Waals surface area contributed by atoms with Gasteiger partial charge in [0.25, 0.3) is 0 Å². The third-order valence-electron chi connectivity index (χ3n) is 1.84. The van der Waals surface area contributed by atoms with Crippen molar-refractivity contribution in [1.82, 2.24) is 0 Å². The van der Waals surface area contributed by atoms with Crippen molar-refractivity contribution in [3.8, 4) is 0 Å². The Bertz CT molecular complexity index is 177. The molecule has 1 rings (SSSR count). The van der Waals surface area contributed by atoms with E-state index < -0.39 is 0 Å². The molecule has 1 nitrogen and oxygen atoms in total. The van der Waals surface area contributed by atoms with E-state index in [1.165, 1.54) is 4.91 Å². The van der Waals surface area contributed by atoms with Crippen LogP contribution in [-0.2, 0) is 4.74 Å². The fourth-order valence-corrected chi connectivity index (χ4v) is 2.17. The van der Waals surface area contributed by atoms with Gasteiger partial charge in [-0.15, -0.1) is 23.4 Å². The summed E-state index contributed by atoms with van der Waals surface area (Å²) in [7, 11) is 0. The highest BCUT2D eigenvalue weighted by atomic mass is 35.5. The number of thioether (sulfide) groups is 1. The second-order valence-electron chi connectivity index (χ2n) is 3.00. The number of alkyl halides is 1. The number of rotatable bonds is 3. The van der Waals surface area contributed by atoms with Crippen LogP contribution in [0.25, 0.3) is 0 Å². The lowest BCUT2D eigenvalue weighted by Gasteiger charge is -2.18. The van der Waals surface area contributed by atoms with Crippen molar-refractivity contribution >= 4 is 23.4 Å². The van der Waals surface area contributed by atoms with Crippen molar-refractivity contribution < 1.29 is 4.74 Å². The average Bonchev–Trinajstić information content (AvgIpc) is 2.03. The van der Waals surface area contributed by atoms with E-state index in [9.17, 15) is 0 Å². The molecule has 1 unspecified atom stereocenters. The molecule has 70 valence electrons. The van der Waals surface area contributed by atoms with Crippen LogP contribution < -0.4 is 0 Å². The zero-order valence-corrected chi connectivity index (χ0v) is 9.17. The topological polar surface area (TPSA) is 9.23 Å². The van der Waals surface area contributed by atoms with E-state index in [1.807, 2.05) is 25.6 Å². The minimum atomic E-state index is 0.271. The highest BCUT2D eigenvalue weighted by molar-refractivity contribution is 8.03. The fraction of sp³-hybridized carbons (Fsp3) is 0.778. The van der Waals surface area contributed by atoms with Gasteiger partial charge in [-0.2, -0.15) is 0 Å². The molecule has 0 saturated carbocycles. The van der Waals surface area contributed by atoms with Crippen LogP contribution in [0.5, 0.6) is 0 Å². The Kier molecular flexibility index (Phi) is 4.30. The van der Waals surface area contributed by atoms with E-state index >= 15 is 0 Å². The molecular weight excluding hydrogens is 192 g/mol. The Morgan fingerprint density at radius 1 is 1.67 bits per heavy atom. The lowest BCUT2D eigenvalue weighted by Crippen LogP contribution is -2.05. The summed E-state index contributed by atoms with van der Waals surface area (Å²) in [5.74, 6) is 2.19. The molecular formula is C9H15ClOS. The van der Waals surface area contributed by atoms with E-state index in [1.54, 1.807) is 0 Å². The average molecular weight is 207 g/mol. The summed E-state index contributed by atoms with van der Waals surface area (Å²) in [6.45, 7) is 4.93. The van der Waals surface area contributed by atoms with E-state index in [2.05, 4.69) is 0 Å². The fourth-order valence-electron chi connectivity index (χ4n) is 1.12. The van der Waals surface area contributed by atoms with E-state index in [-0.39, 0.29) is 5.38 Å². The quantitative estimate of drug-likeness (QED) is 0.655. The first-order valence-corrected chi connectivity index (χ1v) is 5.72. The van der Waals surface area contributed by atoms with Gasteiger partial charge in [-0.05, 0) is 26.7 Å². The molecule has 0 aliphatic carbocycles. The van der Waals surface area contributed by atoms with Gasteiger partial charge in [0.1, 0.15) is 5.76 Å². The van der Waals surface area contributed by atoms with Crippen LogP contribution in [0, 0.1) is 0 Å². The third-order valence-corrected chi connectivity index (χ3v) is 3.27. The van der Waals surface area contributed by atoms with E-state index in [0.29, 0.717) is 0 Å². The molecule has 0 aromatic rings. The summed E-state index contributed by atoms with van der Waals surface area (Å²) in [6.07, 6.45) is 2.12. The second kappa shape index (κ2) is 5.03. The van der Waals surface area contributed by atoms with Gasteiger partial charge in [0, 0.05) is 16.0 Å². The van der Waals surface area contributed by atoms with Crippen LogP contribution in [0.15, 0.2) is 10.7 Å². The highest BCUT2D eigenvalue weighted by Gasteiger charge is 2.11. The zero-order valence-electron chi connectivity index (χ0n) is 7.60. The van der Waals surface area contributed by atoms with Crippen LogP contribution >= 0.6 is 23.4 Å². The van der Waals surface area contributed by atoms with E-state index in [0.717, 1.165) is 31.0 Å². The van der Waals surface area contributed by atoms with Crippen LogP contribution in [0.2, 0.25) is 0 Å². The summed E-state index contributed by atoms with van der Waals surface area (Å²) in [4.78, 5) is 1.38. The summed E-state index contributed by atoms with van der Waals surface area (Å²) in [5, 5.41) is 0.271. The molecule has 3 heteroatoms. The van der Waals surface area contributed by atoms with Gasteiger partial charge in [0.15, 0.2) is 0 Å². The molecule has 0 aromatic carbocycles. The predicted molar refractivity (Wildman–Crippen MR) is 55.7 cm³/mol. The van der Waals surface area contributed by atoms with Crippen LogP contribution in [-0.4, -0.2) is 17.7 Å². The SMILES string of the molecule is CC1=C(CCC(C)Cl)SCCO1. The predicted octanol–water partition coefficient (Wildman–Crippen LogP) is 3.39. The summed E-state index contributed by atoms with van der Waals surface area (Å²) in [5.41, 5.74) is 0. The third kappa shape index (κ3) is 3.28. The molecule has 12 heavy (non-hydrogen) atoms. The van der Waals surface area contributed by atoms with Gasteiger partial charge in [0.2, 0.25) is 0 Å². The second-order valence-corrected chi connectivity index (χ2v) is 4.93. The maximum atomic E-state index is 5.87. The Hall–Kier alpha value is 0.180. The first-order valence-electron chi connectivity index (χ1n) is 4.29. The summed E-state index contributed by atoms with van der Waals surface area (Å²) in [6, 6.07) is 0. The maximum Gasteiger partial charge on any atom is 0.102 e. The minimum Gasteiger partial charge on any atom is -0.497 e. The van der Waals surface area contributed by atoms with Gasteiger partial charge in [0.05, 0.1) is 6.61 Å². The number of allylic oxidation sites excluding steroid dienone is 2. The molecule has 1 atom stereocenters. The molecule has 1 heterocycles.